The van der Waals surface area contributed by atoms with Crippen molar-refractivity contribution in [2.24, 2.45) is 0 Å². The summed E-state index contributed by atoms with van der Waals surface area (Å²) >= 11 is 18.7. The van der Waals surface area contributed by atoms with E-state index >= 15 is 0 Å². The first-order valence-corrected chi connectivity index (χ1v) is 13.3. The quantitative estimate of drug-likeness (QED) is 0.349. The second kappa shape index (κ2) is 14.1. The van der Waals surface area contributed by atoms with Gasteiger partial charge in [-0.3, -0.25) is 4.79 Å². The highest BCUT2D eigenvalue weighted by Crippen LogP contribution is 2.33. The van der Waals surface area contributed by atoms with Crippen LogP contribution in [-0.2, 0) is 4.79 Å². The molecule has 2 aromatic carbocycles. The zero-order chi connectivity index (χ0) is 25.2. The number of nitrogens with zero attached hydrogens (tertiary/aromatic N) is 1. The van der Waals surface area contributed by atoms with Crippen molar-refractivity contribution >= 4 is 52.0 Å². The molecule has 8 heteroatoms. The van der Waals surface area contributed by atoms with Crippen molar-refractivity contribution in [3.63, 3.8) is 0 Å². The number of anilines is 1. The number of carboxylic acids is 1. The average Bonchev–Trinajstić information content (AvgIpc) is 2.85. The van der Waals surface area contributed by atoms with Crippen LogP contribution < -0.4 is 10.6 Å². The standard InChI is InChI=1S/C19H19Cl3N2.C8H15NO2/c1-12(16-4-3-15(20)11-18(16)22)24-19-10-14(2-5-17(19)21)13-6-8-23-9-7-13;10-8(11)4-7-9-5-2-1-3-6-9/h2-6,10-12,23-24H,7-9H2,1H3;1-7H2,(H,10,11). The molecule has 0 amide bonds. The van der Waals surface area contributed by atoms with Crippen molar-refractivity contribution in [1.29, 1.82) is 0 Å². The van der Waals surface area contributed by atoms with E-state index in [4.69, 9.17) is 39.9 Å². The Bertz CT molecular complexity index is 1020. The maximum absolute atomic E-state index is 10.2. The van der Waals surface area contributed by atoms with Crippen molar-refractivity contribution in [2.45, 2.75) is 45.1 Å². The van der Waals surface area contributed by atoms with Gasteiger partial charge in [0.05, 0.1) is 23.2 Å². The van der Waals surface area contributed by atoms with Crippen LogP contribution in [0.1, 0.15) is 56.2 Å². The van der Waals surface area contributed by atoms with Gasteiger partial charge in [0, 0.05) is 23.1 Å². The summed E-state index contributed by atoms with van der Waals surface area (Å²) in [7, 11) is 0. The molecule has 2 heterocycles. The molecule has 0 aliphatic carbocycles. The Morgan fingerprint density at radius 2 is 1.86 bits per heavy atom. The van der Waals surface area contributed by atoms with Crippen LogP contribution in [0.4, 0.5) is 5.69 Å². The van der Waals surface area contributed by atoms with Gasteiger partial charge in [0.15, 0.2) is 0 Å². The number of hydrogen-bond acceptors (Lipinski definition) is 4. The first kappa shape index (κ1) is 27.8. The topological polar surface area (TPSA) is 64.6 Å². The second-order valence-corrected chi connectivity index (χ2v) is 10.2. The highest BCUT2D eigenvalue weighted by Gasteiger charge is 2.14. The van der Waals surface area contributed by atoms with E-state index in [9.17, 15) is 4.79 Å². The van der Waals surface area contributed by atoms with Crippen molar-refractivity contribution < 1.29 is 9.90 Å². The minimum atomic E-state index is -0.685. The molecule has 35 heavy (non-hydrogen) atoms. The predicted octanol–water partition coefficient (Wildman–Crippen LogP) is 7.14. The van der Waals surface area contributed by atoms with Crippen molar-refractivity contribution in [1.82, 2.24) is 10.2 Å². The summed E-state index contributed by atoms with van der Waals surface area (Å²) in [5.74, 6) is -0.685. The van der Waals surface area contributed by atoms with Gasteiger partial charge in [0.25, 0.3) is 0 Å². The van der Waals surface area contributed by atoms with Crippen LogP contribution in [0, 0.1) is 0 Å². The summed E-state index contributed by atoms with van der Waals surface area (Å²) in [5.41, 5.74) is 4.46. The first-order chi connectivity index (χ1) is 16.8. The lowest BCUT2D eigenvalue weighted by atomic mass is 9.99. The fraction of sp³-hybridized carbons (Fsp3) is 0.444. The summed E-state index contributed by atoms with van der Waals surface area (Å²) in [5, 5.41) is 17.2. The van der Waals surface area contributed by atoms with Crippen LogP contribution in [0.2, 0.25) is 15.1 Å². The Kier molecular flexibility index (Phi) is 11.2. The highest BCUT2D eigenvalue weighted by molar-refractivity contribution is 6.35. The average molecular weight is 539 g/mol. The van der Waals surface area contributed by atoms with E-state index in [0.29, 0.717) is 21.5 Å². The minimum absolute atomic E-state index is 0.0181. The predicted molar refractivity (Wildman–Crippen MR) is 148 cm³/mol. The molecule has 190 valence electrons. The normalized spacial score (nSPS) is 17.1. The van der Waals surface area contributed by atoms with Crippen LogP contribution in [0.3, 0.4) is 0 Å². The van der Waals surface area contributed by atoms with Gasteiger partial charge in [-0.1, -0.05) is 59.4 Å². The van der Waals surface area contributed by atoms with E-state index < -0.39 is 5.97 Å². The van der Waals surface area contributed by atoms with E-state index in [-0.39, 0.29) is 6.04 Å². The molecule has 0 aromatic heterocycles. The third kappa shape index (κ3) is 9.00. The molecule has 4 rings (SSSR count). The first-order valence-electron chi connectivity index (χ1n) is 12.2. The van der Waals surface area contributed by atoms with E-state index in [1.54, 1.807) is 6.07 Å². The smallest absolute Gasteiger partial charge is 0.304 e. The fourth-order valence-corrected chi connectivity index (χ4v) is 5.07. The van der Waals surface area contributed by atoms with Gasteiger partial charge < -0.3 is 20.6 Å². The van der Waals surface area contributed by atoms with Gasteiger partial charge in [-0.2, -0.15) is 0 Å². The highest BCUT2D eigenvalue weighted by atomic mass is 35.5. The Hall–Kier alpha value is -1.76. The lowest BCUT2D eigenvalue weighted by Crippen LogP contribution is -2.31. The SMILES string of the molecule is CC(Nc1cc(C2=CCNCC2)ccc1Cl)c1ccc(Cl)cc1Cl.O=C(O)CCN1CCCCC1. The third-order valence-corrected chi connectivity index (χ3v) is 7.18. The summed E-state index contributed by atoms with van der Waals surface area (Å²) in [4.78, 5) is 12.4. The zero-order valence-corrected chi connectivity index (χ0v) is 22.4. The lowest BCUT2D eigenvalue weighted by molar-refractivity contribution is -0.137. The third-order valence-electron chi connectivity index (χ3n) is 6.29. The minimum Gasteiger partial charge on any atom is -0.481 e. The number of benzene rings is 2. The number of nitrogens with one attached hydrogen (secondary N) is 2. The lowest BCUT2D eigenvalue weighted by Gasteiger charge is -2.25. The molecule has 1 fully saturated rings. The van der Waals surface area contributed by atoms with Crippen LogP contribution in [0.15, 0.2) is 42.5 Å². The number of rotatable bonds is 7. The number of aliphatic carboxylic acids is 1. The van der Waals surface area contributed by atoms with E-state index in [2.05, 4.69) is 40.7 Å². The maximum Gasteiger partial charge on any atom is 0.304 e. The Balaban J connectivity index is 0.000000261. The molecule has 0 spiro atoms. The van der Waals surface area contributed by atoms with Crippen LogP contribution in [0.5, 0.6) is 0 Å². The van der Waals surface area contributed by atoms with Gasteiger partial charge in [-0.25, -0.2) is 0 Å². The van der Waals surface area contributed by atoms with Crippen molar-refractivity contribution in [2.75, 3.05) is 38.0 Å². The number of halogens is 3. The zero-order valence-electron chi connectivity index (χ0n) is 20.1. The number of carboxylic acid groups (broad SMARTS) is 1. The Morgan fingerprint density at radius 1 is 1.09 bits per heavy atom. The number of hydrogen-bond donors (Lipinski definition) is 3. The van der Waals surface area contributed by atoms with Crippen LogP contribution in [-0.4, -0.2) is 48.7 Å². The van der Waals surface area contributed by atoms with Gasteiger partial charge in [0.1, 0.15) is 0 Å². The largest absolute Gasteiger partial charge is 0.481 e. The summed E-state index contributed by atoms with van der Waals surface area (Å²) in [6.07, 6.45) is 7.33. The summed E-state index contributed by atoms with van der Waals surface area (Å²) in [6.45, 7) is 6.89. The molecule has 2 aliphatic rings. The van der Waals surface area contributed by atoms with Crippen molar-refractivity contribution in [3.8, 4) is 0 Å². The molecule has 0 radical (unpaired) electrons. The molecule has 1 atom stereocenters. The molecule has 1 unspecified atom stereocenters. The van der Waals surface area contributed by atoms with Gasteiger partial charge in [-0.05, 0) is 86.8 Å². The Morgan fingerprint density at radius 3 is 2.51 bits per heavy atom. The molecular weight excluding hydrogens is 505 g/mol. The number of likely N-dealkylation sites (tertiary alicyclic amines) is 1. The molecule has 5 nitrogen and oxygen atoms in total. The van der Waals surface area contributed by atoms with Gasteiger partial charge in [-0.15, -0.1) is 0 Å². The summed E-state index contributed by atoms with van der Waals surface area (Å²) in [6, 6.07) is 11.7. The molecular formula is C27H34Cl3N3O2. The number of carbonyl (C=O) groups is 1. The molecule has 2 aliphatic heterocycles. The van der Waals surface area contributed by atoms with Crippen LogP contribution in [0.25, 0.3) is 5.57 Å². The van der Waals surface area contributed by atoms with Crippen LogP contribution >= 0.6 is 34.8 Å². The summed E-state index contributed by atoms with van der Waals surface area (Å²) < 4.78 is 0. The Labute approximate surface area is 223 Å². The number of piperidine rings is 1. The monoisotopic (exact) mass is 537 g/mol. The van der Waals surface area contributed by atoms with E-state index in [0.717, 1.165) is 50.4 Å². The second-order valence-electron chi connectivity index (χ2n) is 8.96. The fourth-order valence-electron chi connectivity index (χ4n) is 4.32. The molecule has 3 N–H and O–H groups in total. The molecule has 1 saturated heterocycles. The molecule has 2 aromatic rings. The van der Waals surface area contributed by atoms with E-state index in [1.165, 1.54) is 30.4 Å². The maximum atomic E-state index is 10.2. The van der Waals surface area contributed by atoms with E-state index in [1.807, 2.05) is 18.2 Å². The van der Waals surface area contributed by atoms with Crippen molar-refractivity contribution in [3.05, 3.63) is 68.7 Å². The van der Waals surface area contributed by atoms with Gasteiger partial charge >= 0.3 is 5.97 Å². The van der Waals surface area contributed by atoms with Gasteiger partial charge in [0.2, 0.25) is 0 Å². The molecule has 0 saturated carbocycles. The molecule has 0 bridgehead atoms.